The van der Waals surface area contributed by atoms with Crippen molar-refractivity contribution in [3.63, 3.8) is 0 Å². The third kappa shape index (κ3) is 4.84. The topological polar surface area (TPSA) is 106 Å². The van der Waals surface area contributed by atoms with E-state index in [1.54, 1.807) is 30.2 Å². The minimum absolute atomic E-state index is 0.0475. The highest BCUT2D eigenvalue weighted by molar-refractivity contribution is 5.91. The Balaban J connectivity index is 1.59. The number of nitrogens with zero attached hydrogens (tertiary/aromatic N) is 3. The zero-order valence-electron chi connectivity index (χ0n) is 20.3. The summed E-state index contributed by atoms with van der Waals surface area (Å²) in [5.74, 6) is -0.0158. The van der Waals surface area contributed by atoms with Crippen molar-refractivity contribution in [2.24, 2.45) is 5.92 Å². The molecule has 1 aliphatic rings. The Kier molecular flexibility index (Phi) is 7.33. The first-order valence-corrected chi connectivity index (χ1v) is 12.0. The van der Waals surface area contributed by atoms with E-state index in [0.717, 1.165) is 18.4 Å². The predicted octanol–water partition coefficient (Wildman–Crippen LogP) is 3.26. The highest BCUT2D eigenvalue weighted by Gasteiger charge is 2.44. The molecule has 184 valence electrons. The Labute approximate surface area is 204 Å². The number of ether oxygens (including phenoxy) is 1. The second-order valence-corrected chi connectivity index (χ2v) is 8.59. The number of amides is 2. The molecule has 3 aromatic rings. The molecule has 2 atom stereocenters. The monoisotopic (exact) mass is 477 g/mol. The summed E-state index contributed by atoms with van der Waals surface area (Å²) in [6, 6.07) is 14.2. The van der Waals surface area contributed by atoms with Crippen molar-refractivity contribution < 1.29 is 14.3 Å². The van der Waals surface area contributed by atoms with Gasteiger partial charge in [0.1, 0.15) is 5.75 Å². The van der Waals surface area contributed by atoms with E-state index in [1.165, 1.54) is 4.57 Å². The van der Waals surface area contributed by atoms with Crippen LogP contribution in [-0.4, -0.2) is 39.9 Å². The van der Waals surface area contributed by atoms with Gasteiger partial charge in [0.15, 0.2) is 0 Å². The maximum Gasteiger partial charge on any atom is 0.262 e. The van der Waals surface area contributed by atoms with E-state index in [-0.39, 0.29) is 35.8 Å². The maximum atomic E-state index is 13.3. The highest BCUT2D eigenvalue weighted by atomic mass is 16.5. The van der Waals surface area contributed by atoms with E-state index in [0.29, 0.717) is 29.7 Å². The van der Waals surface area contributed by atoms with Gasteiger partial charge in [-0.1, -0.05) is 37.6 Å². The lowest BCUT2D eigenvalue weighted by molar-refractivity contribution is -0.129. The molecule has 4 rings (SSSR count). The first-order valence-electron chi connectivity index (χ1n) is 12.0. The Morgan fingerprint density at radius 1 is 1.11 bits per heavy atom. The number of rotatable bonds is 9. The second kappa shape index (κ2) is 10.6. The normalized spacial score (nSPS) is 17.6. The van der Waals surface area contributed by atoms with E-state index in [1.807, 2.05) is 37.3 Å². The summed E-state index contributed by atoms with van der Waals surface area (Å²) in [6.45, 7) is 4.88. The van der Waals surface area contributed by atoms with Crippen molar-refractivity contribution in [2.75, 3.05) is 19.1 Å². The molecule has 2 aromatic carbocycles. The molecule has 0 unspecified atom stereocenters. The van der Waals surface area contributed by atoms with Crippen LogP contribution in [-0.2, 0) is 16.1 Å². The SMILES string of the molecule is CCCCN1C(=O)C[C@H](C(=O)NNc2nc3ccccc3c(=O)n2CC)[C@H]1c1ccc(OC)cc1. The van der Waals surface area contributed by atoms with Gasteiger partial charge < -0.3 is 9.64 Å². The average Bonchev–Trinajstić information content (AvgIpc) is 3.22. The molecular weight excluding hydrogens is 446 g/mol. The molecule has 0 spiro atoms. The van der Waals surface area contributed by atoms with Gasteiger partial charge in [-0.25, -0.2) is 4.98 Å². The lowest BCUT2D eigenvalue weighted by atomic mass is 9.93. The zero-order valence-corrected chi connectivity index (χ0v) is 20.3. The first kappa shape index (κ1) is 24.3. The number of nitrogens with one attached hydrogen (secondary N) is 2. The molecule has 2 heterocycles. The van der Waals surface area contributed by atoms with E-state index >= 15 is 0 Å². The van der Waals surface area contributed by atoms with Gasteiger partial charge in [0, 0.05) is 19.5 Å². The number of anilines is 1. The summed E-state index contributed by atoms with van der Waals surface area (Å²) in [5, 5.41) is 0.513. The van der Waals surface area contributed by atoms with Crippen LogP contribution in [0.1, 0.15) is 44.7 Å². The Morgan fingerprint density at radius 3 is 2.54 bits per heavy atom. The van der Waals surface area contributed by atoms with Gasteiger partial charge in [0.25, 0.3) is 5.56 Å². The molecule has 0 radical (unpaired) electrons. The van der Waals surface area contributed by atoms with Crippen LogP contribution in [0.25, 0.3) is 10.9 Å². The smallest absolute Gasteiger partial charge is 0.262 e. The number of likely N-dealkylation sites (tertiary alicyclic amines) is 1. The van der Waals surface area contributed by atoms with Crippen molar-refractivity contribution >= 4 is 28.7 Å². The third-order valence-corrected chi connectivity index (χ3v) is 6.45. The molecule has 1 aromatic heterocycles. The Hall–Kier alpha value is -3.88. The van der Waals surface area contributed by atoms with E-state index < -0.39 is 5.92 Å². The quantitative estimate of drug-likeness (QED) is 0.459. The number of para-hydroxylation sites is 1. The first-order chi connectivity index (χ1) is 17.0. The summed E-state index contributed by atoms with van der Waals surface area (Å²) in [5.41, 5.74) is 6.78. The standard InChI is InChI=1S/C26H31N5O4/c1-4-6-15-31-22(32)16-20(23(31)17-11-13-18(35-3)14-12-17)24(33)28-29-26-27-21-10-8-7-9-19(21)25(34)30(26)5-2/h7-14,20,23H,4-6,15-16H2,1-3H3,(H,27,29)(H,28,33)/t20-,23+/m0/s1. The number of carbonyl (C=O) groups excluding carboxylic acids is 2. The summed E-state index contributed by atoms with van der Waals surface area (Å²) < 4.78 is 6.73. The molecular formula is C26H31N5O4. The minimum atomic E-state index is -0.595. The van der Waals surface area contributed by atoms with Gasteiger partial charge in [-0.15, -0.1) is 0 Å². The molecule has 0 bridgehead atoms. The number of hydrogen-bond donors (Lipinski definition) is 2. The maximum absolute atomic E-state index is 13.3. The van der Waals surface area contributed by atoms with E-state index in [4.69, 9.17) is 4.74 Å². The Morgan fingerprint density at radius 2 is 1.86 bits per heavy atom. The van der Waals surface area contributed by atoms with Crippen LogP contribution in [0.3, 0.4) is 0 Å². The lowest BCUT2D eigenvalue weighted by Gasteiger charge is -2.28. The molecule has 1 fully saturated rings. The van der Waals surface area contributed by atoms with E-state index in [2.05, 4.69) is 22.8 Å². The van der Waals surface area contributed by atoms with E-state index in [9.17, 15) is 14.4 Å². The Bertz CT molecular complexity index is 1270. The van der Waals surface area contributed by atoms with Crippen molar-refractivity contribution in [2.45, 2.75) is 45.7 Å². The van der Waals surface area contributed by atoms with Crippen molar-refractivity contribution in [1.82, 2.24) is 19.9 Å². The zero-order chi connectivity index (χ0) is 24.9. The molecule has 9 nitrogen and oxygen atoms in total. The molecule has 0 saturated carbocycles. The lowest BCUT2D eigenvalue weighted by Crippen LogP contribution is -2.40. The molecule has 35 heavy (non-hydrogen) atoms. The van der Waals surface area contributed by atoms with Crippen LogP contribution in [0.4, 0.5) is 5.95 Å². The minimum Gasteiger partial charge on any atom is -0.497 e. The van der Waals surface area contributed by atoms with Crippen LogP contribution in [0.5, 0.6) is 5.75 Å². The van der Waals surface area contributed by atoms with Gasteiger partial charge in [-0.05, 0) is 43.2 Å². The van der Waals surface area contributed by atoms with Crippen LogP contribution in [0, 0.1) is 5.92 Å². The van der Waals surface area contributed by atoms with Gasteiger partial charge in [0.05, 0.1) is 30.0 Å². The molecule has 0 aliphatic carbocycles. The van der Waals surface area contributed by atoms with Gasteiger partial charge in [-0.3, -0.25) is 29.8 Å². The number of carbonyl (C=O) groups is 2. The van der Waals surface area contributed by atoms with Crippen molar-refractivity contribution in [3.05, 3.63) is 64.4 Å². The molecule has 2 N–H and O–H groups in total. The molecule has 1 saturated heterocycles. The number of aromatic nitrogens is 2. The number of fused-ring (bicyclic) bond motifs is 1. The number of unbranched alkanes of at least 4 members (excludes halogenated alkanes) is 1. The molecule has 2 amide bonds. The average molecular weight is 478 g/mol. The fourth-order valence-electron chi connectivity index (χ4n) is 4.60. The van der Waals surface area contributed by atoms with Crippen LogP contribution in [0.2, 0.25) is 0 Å². The predicted molar refractivity (Wildman–Crippen MR) is 134 cm³/mol. The highest BCUT2D eigenvalue weighted by Crippen LogP contribution is 2.39. The number of hydrazine groups is 1. The summed E-state index contributed by atoms with van der Waals surface area (Å²) in [7, 11) is 1.60. The summed E-state index contributed by atoms with van der Waals surface area (Å²) >= 11 is 0. The van der Waals surface area contributed by atoms with Crippen LogP contribution >= 0.6 is 0 Å². The van der Waals surface area contributed by atoms with Crippen molar-refractivity contribution in [3.8, 4) is 5.75 Å². The number of methoxy groups -OCH3 is 1. The molecule has 1 aliphatic heterocycles. The second-order valence-electron chi connectivity index (χ2n) is 8.59. The van der Waals surface area contributed by atoms with Gasteiger partial charge in [-0.2, -0.15) is 0 Å². The largest absolute Gasteiger partial charge is 0.497 e. The number of hydrogen-bond acceptors (Lipinski definition) is 6. The van der Waals surface area contributed by atoms with Gasteiger partial charge in [0.2, 0.25) is 17.8 Å². The third-order valence-electron chi connectivity index (χ3n) is 6.45. The summed E-state index contributed by atoms with van der Waals surface area (Å²) in [6.07, 6.45) is 1.91. The van der Waals surface area contributed by atoms with Crippen molar-refractivity contribution in [1.29, 1.82) is 0 Å². The molecule has 9 heteroatoms. The fourth-order valence-corrected chi connectivity index (χ4v) is 4.60. The number of benzene rings is 2. The van der Waals surface area contributed by atoms with Gasteiger partial charge >= 0.3 is 0 Å². The fraction of sp³-hybridized carbons (Fsp3) is 0.385. The van der Waals surface area contributed by atoms with Crippen LogP contribution < -0.4 is 21.1 Å². The summed E-state index contributed by atoms with van der Waals surface area (Å²) in [4.78, 5) is 45.4. The van der Waals surface area contributed by atoms with Crippen LogP contribution in [0.15, 0.2) is 53.3 Å².